The first-order chi connectivity index (χ1) is 12.6. The minimum absolute atomic E-state index is 0.0907. The number of fused-ring (bicyclic) bond motifs is 1. The lowest BCUT2D eigenvalue weighted by Gasteiger charge is -2.33. The molecule has 0 saturated carbocycles. The van der Waals surface area contributed by atoms with Gasteiger partial charge in [0.15, 0.2) is 12.4 Å². The number of nitrogens with zero attached hydrogens (tertiary/aromatic N) is 4. The first-order valence-electron chi connectivity index (χ1n) is 8.57. The summed E-state index contributed by atoms with van der Waals surface area (Å²) in [6.07, 6.45) is 5.78. The Morgan fingerprint density at radius 1 is 1.23 bits per heavy atom. The number of carbonyl (C=O) groups excluding carboxylic acids is 1. The lowest BCUT2D eigenvalue weighted by atomic mass is 10.0. The zero-order valence-electron chi connectivity index (χ0n) is 14.1. The van der Waals surface area contributed by atoms with Crippen LogP contribution in [0, 0.1) is 5.21 Å². The van der Waals surface area contributed by atoms with Gasteiger partial charge < -0.3 is 10.1 Å². The Labute approximate surface area is 149 Å². The maximum atomic E-state index is 12.8. The quantitative estimate of drug-likeness (QED) is 0.518. The molecule has 1 amide bonds. The Morgan fingerprint density at radius 3 is 2.92 bits per heavy atom. The van der Waals surface area contributed by atoms with E-state index in [2.05, 4.69) is 4.98 Å². The van der Waals surface area contributed by atoms with Gasteiger partial charge in [-0.05, 0) is 31.0 Å². The number of hydrogen-bond acceptors (Lipinski definition) is 4. The number of carbonyl (C=O) groups is 1. The lowest BCUT2D eigenvalue weighted by Crippen LogP contribution is -2.43. The van der Waals surface area contributed by atoms with Gasteiger partial charge in [-0.25, -0.2) is 4.98 Å². The van der Waals surface area contributed by atoms with Gasteiger partial charge in [0.2, 0.25) is 0 Å². The second-order valence-electron chi connectivity index (χ2n) is 6.47. The van der Waals surface area contributed by atoms with Crippen molar-refractivity contribution >= 4 is 16.8 Å². The van der Waals surface area contributed by atoms with Crippen LogP contribution < -0.4 is 10.3 Å². The molecule has 0 unspecified atom stereocenters. The van der Waals surface area contributed by atoms with Crippen molar-refractivity contribution in [2.75, 3.05) is 13.1 Å². The zero-order chi connectivity index (χ0) is 18.1. The highest BCUT2D eigenvalue weighted by Crippen LogP contribution is 2.22. The predicted molar refractivity (Wildman–Crippen MR) is 95.6 cm³/mol. The minimum atomic E-state index is -0.193. The third-order valence-corrected chi connectivity index (χ3v) is 4.79. The molecule has 1 aliphatic rings. The molecule has 0 spiro atoms. The molecule has 2 aromatic heterocycles. The predicted octanol–water partition coefficient (Wildman–Crippen LogP) is 1.51. The van der Waals surface area contributed by atoms with Crippen LogP contribution in [0.25, 0.3) is 10.9 Å². The normalized spacial score (nSPS) is 17.4. The molecule has 0 radical (unpaired) electrons. The summed E-state index contributed by atoms with van der Waals surface area (Å²) >= 11 is 0. The Hall–Kier alpha value is -3.22. The van der Waals surface area contributed by atoms with Crippen LogP contribution in [-0.2, 0) is 0 Å². The number of piperidine rings is 1. The van der Waals surface area contributed by atoms with Crippen molar-refractivity contribution in [1.82, 2.24) is 14.5 Å². The molecule has 1 aliphatic heterocycles. The average molecular weight is 350 g/mol. The molecule has 132 valence electrons. The van der Waals surface area contributed by atoms with Crippen molar-refractivity contribution in [1.29, 1.82) is 0 Å². The van der Waals surface area contributed by atoms with Crippen LogP contribution in [0.15, 0.2) is 59.9 Å². The molecule has 0 bridgehead atoms. The monoisotopic (exact) mass is 350 g/mol. The Kier molecular flexibility index (Phi) is 4.12. The average Bonchev–Trinajstić information content (AvgIpc) is 2.68. The smallest absolute Gasteiger partial charge is 0.261 e. The topological polar surface area (TPSA) is 82.1 Å². The fourth-order valence-corrected chi connectivity index (χ4v) is 3.47. The highest BCUT2D eigenvalue weighted by atomic mass is 16.5. The first kappa shape index (κ1) is 16.3. The van der Waals surface area contributed by atoms with Gasteiger partial charge in [0.25, 0.3) is 11.5 Å². The standard InChI is InChI=1S/C19H18N4O3/c24-18(14-5-3-10-22(26)11-14)21-9-4-6-15(12-21)23-13-20-17-8-2-1-7-16(17)19(23)25/h1-3,5,7-8,10-11,13,15H,4,6,9,12H2/t15-/m1/s1. The molecule has 4 rings (SSSR count). The summed E-state index contributed by atoms with van der Waals surface area (Å²) in [6.45, 7) is 1.03. The van der Waals surface area contributed by atoms with E-state index >= 15 is 0 Å². The molecule has 7 heteroatoms. The van der Waals surface area contributed by atoms with Gasteiger partial charge in [-0.1, -0.05) is 12.1 Å². The summed E-state index contributed by atoms with van der Waals surface area (Å²) in [5, 5.41) is 12.0. The van der Waals surface area contributed by atoms with Crippen molar-refractivity contribution in [2.45, 2.75) is 18.9 Å². The molecule has 1 aromatic carbocycles. The van der Waals surface area contributed by atoms with Gasteiger partial charge in [-0.15, -0.1) is 0 Å². The van der Waals surface area contributed by atoms with Crippen LogP contribution in [0.4, 0.5) is 0 Å². The van der Waals surface area contributed by atoms with E-state index in [1.54, 1.807) is 34.0 Å². The van der Waals surface area contributed by atoms with Crippen LogP contribution in [0.1, 0.15) is 29.2 Å². The number of benzene rings is 1. The van der Waals surface area contributed by atoms with Crippen LogP contribution in [0.3, 0.4) is 0 Å². The zero-order valence-corrected chi connectivity index (χ0v) is 14.1. The molecule has 1 fully saturated rings. The fraction of sp³-hybridized carbons (Fsp3) is 0.263. The van der Waals surface area contributed by atoms with Crippen LogP contribution in [0.2, 0.25) is 0 Å². The van der Waals surface area contributed by atoms with E-state index in [0.29, 0.717) is 34.3 Å². The Balaban J connectivity index is 1.62. The number of likely N-dealkylation sites (tertiary alicyclic amines) is 1. The second-order valence-corrected chi connectivity index (χ2v) is 6.47. The van der Waals surface area contributed by atoms with Crippen LogP contribution in [0.5, 0.6) is 0 Å². The van der Waals surface area contributed by atoms with Gasteiger partial charge in [-0.3, -0.25) is 14.2 Å². The summed E-state index contributed by atoms with van der Waals surface area (Å²) in [5.74, 6) is -0.193. The molecule has 1 saturated heterocycles. The van der Waals surface area contributed by atoms with Gasteiger partial charge in [0.1, 0.15) is 5.56 Å². The molecule has 1 atom stereocenters. The minimum Gasteiger partial charge on any atom is -0.619 e. The Morgan fingerprint density at radius 2 is 2.08 bits per heavy atom. The van der Waals surface area contributed by atoms with E-state index < -0.39 is 0 Å². The number of hydrogen-bond donors (Lipinski definition) is 0. The van der Waals surface area contributed by atoms with E-state index in [9.17, 15) is 14.8 Å². The number of rotatable bonds is 2. The molecule has 3 heterocycles. The third-order valence-electron chi connectivity index (χ3n) is 4.79. The number of aromatic nitrogens is 3. The van der Waals surface area contributed by atoms with Crippen molar-refractivity contribution in [3.05, 3.63) is 76.2 Å². The molecule has 3 aromatic rings. The molecule has 0 aliphatic carbocycles. The van der Waals surface area contributed by atoms with Crippen molar-refractivity contribution in [3.8, 4) is 0 Å². The SMILES string of the molecule is O=C(c1ccc[n+]([O-])c1)N1CCC[C@@H](n2cnc3ccccc3c2=O)C1. The summed E-state index contributed by atoms with van der Waals surface area (Å²) in [6, 6.07) is 10.3. The largest absolute Gasteiger partial charge is 0.619 e. The van der Waals surface area contributed by atoms with Crippen molar-refractivity contribution < 1.29 is 9.52 Å². The van der Waals surface area contributed by atoms with E-state index in [1.807, 2.05) is 18.2 Å². The van der Waals surface area contributed by atoms with E-state index in [0.717, 1.165) is 12.8 Å². The summed E-state index contributed by atoms with van der Waals surface area (Å²) in [7, 11) is 0. The van der Waals surface area contributed by atoms with Gasteiger partial charge in [0, 0.05) is 19.2 Å². The Bertz CT molecular complexity index is 1030. The molecule has 26 heavy (non-hydrogen) atoms. The highest BCUT2D eigenvalue weighted by Gasteiger charge is 2.27. The summed E-state index contributed by atoms with van der Waals surface area (Å²) < 4.78 is 2.24. The van der Waals surface area contributed by atoms with Crippen molar-refractivity contribution in [3.63, 3.8) is 0 Å². The number of amides is 1. The molecule has 7 nitrogen and oxygen atoms in total. The highest BCUT2D eigenvalue weighted by molar-refractivity contribution is 5.93. The van der Waals surface area contributed by atoms with Gasteiger partial charge in [0.05, 0.1) is 23.3 Å². The van der Waals surface area contributed by atoms with Gasteiger partial charge >= 0.3 is 0 Å². The summed E-state index contributed by atoms with van der Waals surface area (Å²) in [5.41, 5.74) is 0.931. The summed E-state index contributed by atoms with van der Waals surface area (Å²) in [4.78, 5) is 31.6. The second kappa shape index (κ2) is 6.59. The number of pyridine rings is 1. The van der Waals surface area contributed by atoms with E-state index in [-0.39, 0.29) is 17.5 Å². The first-order valence-corrected chi connectivity index (χ1v) is 8.57. The lowest BCUT2D eigenvalue weighted by molar-refractivity contribution is -0.605. The molecule has 0 N–H and O–H groups in total. The third kappa shape index (κ3) is 2.92. The molecular formula is C19H18N4O3. The maximum Gasteiger partial charge on any atom is 0.261 e. The van der Waals surface area contributed by atoms with Crippen molar-refractivity contribution in [2.24, 2.45) is 0 Å². The number of para-hydroxylation sites is 1. The van der Waals surface area contributed by atoms with Gasteiger partial charge in [-0.2, -0.15) is 4.73 Å². The maximum absolute atomic E-state index is 12.8. The van der Waals surface area contributed by atoms with E-state index in [1.165, 1.54) is 12.4 Å². The van der Waals surface area contributed by atoms with E-state index in [4.69, 9.17) is 0 Å². The fourth-order valence-electron chi connectivity index (χ4n) is 3.47. The van der Waals surface area contributed by atoms with Crippen LogP contribution in [-0.4, -0.2) is 33.4 Å². The molecular weight excluding hydrogens is 332 g/mol. The van der Waals surface area contributed by atoms with Crippen LogP contribution >= 0.6 is 0 Å².